The molecule has 0 saturated heterocycles. The molecule has 0 spiro atoms. The van der Waals surface area contributed by atoms with E-state index in [4.69, 9.17) is 0 Å². The quantitative estimate of drug-likeness (QED) is 0.839. The lowest BCUT2D eigenvalue weighted by Gasteiger charge is -2.29. The molecule has 0 amide bonds. The van der Waals surface area contributed by atoms with Crippen molar-refractivity contribution in [3.05, 3.63) is 59.7 Å². The SMILES string of the molecule is Oc1ccc(C2CCC(c3cccc(O)c3)CC2)cc1. The molecule has 20 heavy (non-hydrogen) atoms. The summed E-state index contributed by atoms with van der Waals surface area (Å²) in [6, 6.07) is 15.3. The van der Waals surface area contributed by atoms with Crippen molar-refractivity contribution in [3.63, 3.8) is 0 Å². The number of hydrogen-bond acceptors (Lipinski definition) is 2. The molecule has 2 nitrogen and oxygen atoms in total. The van der Waals surface area contributed by atoms with Crippen LogP contribution in [0.15, 0.2) is 48.5 Å². The Hall–Kier alpha value is -1.96. The molecule has 3 rings (SSSR count). The summed E-state index contributed by atoms with van der Waals surface area (Å²) in [6.45, 7) is 0. The Morgan fingerprint density at radius 3 is 1.85 bits per heavy atom. The van der Waals surface area contributed by atoms with Gasteiger partial charge in [-0.15, -0.1) is 0 Å². The van der Waals surface area contributed by atoms with Gasteiger partial charge in [0.1, 0.15) is 11.5 Å². The standard InChI is InChI=1S/C18H20O2/c19-17-10-8-14(9-11-17)13-4-6-15(7-5-13)16-2-1-3-18(20)12-16/h1-3,8-13,15,19-20H,4-7H2. The molecule has 0 aliphatic heterocycles. The molecule has 0 atom stereocenters. The van der Waals surface area contributed by atoms with Crippen LogP contribution in [0.3, 0.4) is 0 Å². The van der Waals surface area contributed by atoms with Crippen LogP contribution in [0.5, 0.6) is 11.5 Å². The number of rotatable bonds is 2. The van der Waals surface area contributed by atoms with Gasteiger partial charge in [-0.25, -0.2) is 0 Å². The van der Waals surface area contributed by atoms with Crippen LogP contribution in [0.25, 0.3) is 0 Å². The van der Waals surface area contributed by atoms with Crippen molar-refractivity contribution >= 4 is 0 Å². The normalized spacial score (nSPS) is 22.6. The van der Waals surface area contributed by atoms with E-state index in [-0.39, 0.29) is 0 Å². The Balaban J connectivity index is 1.66. The zero-order valence-corrected chi connectivity index (χ0v) is 11.5. The lowest BCUT2D eigenvalue weighted by molar-refractivity contribution is 0.394. The molecule has 2 heteroatoms. The van der Waals surface area contributed by atoms with Crippen molar-refractivity contribution in [2.45, 2.75) is 37.5 Å². The second-order valence-electron chi connectivity index (χ2n) is 5.74. The molecular weight excluding hydrogens is 248 g/mol. The van der Waals surface area contributed by atoms with Crippen molar-refractivity contribution in [2.24, 2.45) is 0 Å². The number of hydrogen-bond donors (Lipinski definition) is 2. The van der Waals surface area contributed by atoms with Crippen molar-refractivity contribution in [1.82, 2.24) is 0 Å². The van der Waals surface area contributed by atoms with Crippen LogP contribution in [-0.4, -0.2) is 10.2 Å². The van der Waals surface area contributed by atoms with Gasteiger partial charge in [-0.2, -0.15) is 0 Å². The maximum atomic E-state index is 9.58. The third-order valence-corrected chi connectivity index (χ3v) is 4.43. The Bertz CT molecular complexity index is 566. The smallest absolute Gasteiger partial charge is 0.115 e. The van der Waals surface area contributed by atoms with E-state index in [9.17, 15) is 10.2 Å². The molecule has 2 N–H and O–H groups in total. The van der Waals surface area contributed by atoms with Crippen LogP contribution >= 0.6 is 0 Å². The largest absolute Gasteiger partial charge is 0.508 e. The van der Waals surface area contributed by atoms with Crippen LogP contribution in [0.4, 0.5) is 0 Å². The molecule has 1 aliphatic carbocycles. The number of aromatic hydroxyl groups is 2. The first-order chi connectivity index (χ1) is 9.72. The molecular formula is C18H20O2. The summed E-state index contributed by atoms with van der Waals surface area (Å²) in [5.41, 5.74) is 2.59. The van der Waals surface area contributed by atoms with Crippen molar-refractivity contribution in [1.29, 1.82) is 0 Å². The molecule has 0 unspecified atom stereocenters. The summed E-state index contributed by atoms with van der Waals surface area (Å²) < 4.78 is 0. The fraction of sp³-hybridized carbons (Fsp3) is 0.333. The molecule has 1 fully saturated rings. The van der Waals surface area contributed by atoms with Gasteiger partial charge in [0.15, 0.2) is 0 Å². The van der Waals surface area contributed by atoms with Gasteiger partial charge in [-0.05, 0) is 72.9 Å². The minimum atomic E-state index is 0.335. The predicted molar refractivity (Wildman–Crippen MR) is 80.2 cm³/mol. The van der Waals surface area contributed by atoms with Crippen molar-refractivity contribution in [2.75, 3.05) is 0 Å². The maximum absolute atomic E-state index is 9.58. The summed E-state index contributed by atoms with van der Waals surface area (Å²) >= 11 is 0. The van der Waals surface area contributed by atoms with Crippen LogP contribution < -0.4 is 0 Å². The predicted octanol–water partition coefficient (Wildman–Crippen LogP) is 4.54. The van der Waals surface area contributed by atoms with Gasteiger partial charge in [-0.3, -0.25) is 0 Å². The second-order valence-corrected chi connectivity index (χ2v) is 5.74. The summed E-state index contributed by atoms with van der Waals surface area (Å²) in [6.07, 6.45) is 4.67. The molecule has 2 aromatic rings. The fourth-order valence-electron chi connectivity index (χ4n) is 3.29. The van der Waals surface area contributed by atoms with E-state index < -0.39 is 0 Å². The van der Waals surface area contributed by atoms with Gasteiger partial charge in [-0.1, -0.05) is 24.3 Å². The monoisotopic (exact) mass is 268 g/mol. The van der Waals surface area contributed by atoms with E-state index in [0.29, 0.717) is 23.3 Å². The second kappa shape index (κ2) is 5.58. The van der Waals surface area contributed by atoms with Crippen molar-refractivity contribution in [3.8, 4) is 11.5 Å². The summed E-state index contributed by atoms with van der Waals surface area (Å²) in [4.78, 5) is 0. The molecule has 0 bridgehead atoms. The van der Waals surface area contributed by atoms with Crippen molar-refractivity contribution < 1.29 is 10.2 Å². The van der Waals surface area contributed by atoms with E-state index in [1.165, 1.54) is 24.0 Å². The minimum Gasteiger partial charge on any atom is -0.508 e. The minimum absolute atomic E-state index is 0.335. The Labute approximate surface area is 119 Å². The number of phenolic OH excluding ortho intramolecular Hbond substituents is 2. The van der Waals surface area contributed by atoms with Crippen LogP contribution in [0.1, 0.15) is 48.6 Å². The molecule has 104 valence electrons. The molecule has 0 aromatic heterocycles. The average Bonchev–Trinajstić information content (AvgIpc) is 2.48. The van der Waals surface area contributed by atoms with Crippen LogP contribution in [0, 0.1) is 0 Å². The fourth-order valence-corrected chi connectivity index (χ4v) is 3.29. The highest BCUT2D eigenvalue weighted by Crippen LogP contribution is 2.41. The average molecular weight is 268 g/mol. The van der Waals surface area contributed by atoms with E-state index in [1.807, 2.05) is 24.3 Å². The molecule has 1 aliphatic rings. The van der Waals surface area contributed by atoms with E-state index in [1.54, 1.807) is 18.2 Å². The van der Waals surface area contributed by atoms with Gasteiger partial charge >= 0.3 is 0 Å². The van der Waals surface area contributed by atoms with Gasteiger partial charge < -0.3 is 10.2 Å². The highest BCUT2D eigenvalue weighted by Gasteiger charge is 2.23. The third-order valence-electron chi connectivity index (χ3n) is 4.43. The summed E-state index contributed by atoms with van der Waals surface area (Å²) in [5, 5.41) is 18.9. The maximum Gasteiger partial charge on any atom is 0.115 e. The van der Waals surface area contributed by atoms with Gasteiger partial charge in [0, 0.05) is 0 Å². The zero-order chi connectivity index (χ0) is 13.9. The highest BCUT2D eigenvalue weighted by atomic mass is 16.3. The first-order valence-electron chi connectivity index (χ1n) is 7.30. The Morgan fingerprint density at radius 1 is 0.650 bits per heavy atom. The van der Waals surface area contributed by atoms with Gasteiger partial charge in [0.05, 0.1) is 0 Å². The first kappa shape index (κ1) is 13.0. The molecule has 1 saturated carbocycles. The highest BCUT2D eigenvalue weighted by molar-refractivity contribution is 5.31. The lowest BCUT2D eigenvalue weighted by Crippen LogP contribution is -2.12. The Morgan fingerprint density at radius 2 is 1.25 bits per heavy atom. The lowest BCUT2D eigenvalue weighted by atomic mass is 9.76. The number of phenols is 2. The third kappa shape index (κ3) is 2.79. The van der Waals surface area contributed by atoms with E-state index >= 15 is 0 Å². The number of benzene rings is 2. The Kier molecular flexibility index (Phi) is 3.64. The van der Waals surface area contributed by atoms with E-state index in [2.05, 4.69) is 6.07 Å². The van der Waals surface area contributed by atoms with E-state index in [0.717, 1.165) is 12.8 Å². The molecule has 2 aromatic carbocycles. The molecule has 0 heterocycles. The topological polar surface area (TPSA) is 40.5 Å². The van der Waals surface area contributed by atoms with Crippen LogP contribution in [0.2, 0.25) is 0 Å². The molecule has 0 radical (unpaired) electrons. The van der Waals surface area contributed by atoms with Gasteiger partial charge in [0.2, 0.25) is 0 Å². The summed E-state index contributed by atoms with van der Waals surface area (Å²) in [5.74, 6) is 1.87. The van der Waals surface area contributed by atoms with Crippen LogP contribution in [-0.2, 0) is 0 Å². The zero-order valence-electron chi connectivity index (χ0n) is 11.5. The summed E-state index contributed by atoms with van der Waals surface area (Å²) in [7, 11) is 0. The first-order valence-corrected chi connectivity index (χ1v) is 7.30. The van der Waals surface area contributed by atoms with Gasteiger partial charge in [0.25, 0.3) is 0 Å².